The fraction of sp³-hybridized carbons (Fsp3) is 0.750. The van der Waals surface area contributed by atoms with E-state index < -0.39 is 19.7 Å². The smallest absolute Gasteiger partial charge is 0.335 e. The summed E-state index contributed by atoms with van der Waals surface area (Å²) in [5.41, 5.74) is 2.30. The van der Waals surface area contributed by atoms with Gasteiger partial charge in [-0.25, -0.2) is 0 Å². The highest BCUT2D eigenvalue weighted by Crippen LogP contribution is 2.50. The van der Waals surface area contributed by atoms with Crippen LogP contribution in [0.4, 0.5) is 0 Å². The standard InChI is InChI=1S/C8H17NO6P2/c1-6(10)7(2)14-17(12,15-16)5-4-9-13-8(3)11/h7,9H,4-5,16H2,1-3H3. The lowest BCUT2D eigenvalue weighted by molar-refractivity contribution is -0.148. The van der Waals surface area contributed by atoms with Crippen molar-refractivity contribution in [2.45, 2.75) is 26.9 Å². The van der Waals surface area contributed by atoms with E-state index in [0.29, 0.717) is 0 Å². The monoisotopic (exact) mass is 285 g/mol. The van der Waals surface area contributed by atoms with Gasteiger partial charge in [0.2, 0.25) is 0 Å². The van der Waals surface area contributed by atoms with Crippen molar-refractivity contribution in [1.29, 1.82) is 0 Å². The zero-order valence-electron chi connectivity index (χ0n) is 9.97. The minimum Gasteiger partial charge on any atom is -0.371 e. The highest BCUT2D eigenvalue weighted by atomic mass is 31.2. The summed E-state index contributed by atoms with van der Waals surface area (Å²) in [4.78, 5) is 25.8. The third-order valence-electron chi connectivity index (χ3n) is 1.76. The molecule has 7 nitrogen and oxygen atoms in total. The van der Waals surface area contributed by atoms with Crippen LogP contribution in [0.3, 0.4) is 0 Å². The summed E-state index contributed by atoms with van der Waals surface area (Å²) in [6.07, 6.45) is -0.836. The maximum atomic E-state index is 11.9. The first-order valence-corrected chi connectivity index (χ1v) is 7.07. The molecule has 0 aromatic heterocycles. The lowest BCUT2D eigenvalue weighted by atomic mass is 10.3. The quantitative estimate of drug-likeness (QED) is 0.405. The number of Topliss-reactive ketones (excluding diaryl/α,β-unsaturated/α-hetero) is 1. The van der Waals surface area contributed by atoms with E-state index in [1.807, 2.05) is 9.47 Å². The van der Waals surface area contributed by atoms with Gasteiger partial charge in [0.05, 0.1) is 6.16 Å². The molecule has 0 spiro atoms. The Morgan fingerprint density at radius 1 is 1.41 bits per heavy atom. The highest BCUT2D eigenvalue weighted by Gasteiger charge is 2.27. The lowest BCUT2D eigenvalue weighted by Crippen LogP contribution is -2.23. The molecule has 0 fully saturated rings. The summed E-state index contributed by atoms with van der Waals surface area (Å²) >= 11 is 0. The van der Waals surface area contributed by atoms with Crippen LogP contribution in [0.2, 0.25) is 0 Å². The van der Waals surface area contributed by atoms with Gasteiger partial charge in [0.25, 0.3) is 0 Å². The Morgan fingerprint density at radius 2 is 2.00 bits per heavy atom. The van der Waals surface area contributed by atoms with Crippen LogP contribution in [0.25, 0.3) is 0 Å². The molecule has 0 aliphatic rings. The number of hydrogen-bond acceptors (Lipinski definition) is 7. The highest BCUT2D eigenvalue weighted by molar-refractivity contribution is 7.57. The van der Waals surface area contributed by atoms with Gasteiger partial charge in [0, 0.05) is 22.9 Å². The molecule has 1 N–H and O–H groups in total. The van der Waals surface area contributed by atoms with Gasteiger partial charge in [-0.15, -0.1) is 0 Å². The van der Waals surface area contributed by atoms with Gasteiger partial charge < -0.3 is 4.84 Å². The SMILES string of the molecule is CC(=O)ONCCP(=O)(OP)OC(C)C(C)=O. The Balaban J connectivity index is 4.14. The molecule has 100 valence electrons. The van der Waals surface area contributed by atoms with Crippen LogP contribution in [-0.2, 0) is 27.8 Å². The van der Waals surface area contributed by atoms with E-state index >= 15 is 0 Å². The normalized spacial score (nSPS) is 16.0. The van der Waals surface area contributed by atoms with Gasteiger partial charge in [-0.05, 0) is 13.8 Å². The van der Waals surface area contributed by atoms with Crippen molar-refractivity contribution in [1.82, 2.24) is 5.48 Å². The van der Waals surface area contributed by atoms with Gasteiger partial charge in [-0.1, -0.05) is 0 Å². The molecule has 0 aromatic carbocycles. The summed E-state index contributed by atoms with van der Waals surface area (Å²) < 4.78 is 21.7. The number of carbonyl (C=O) groups excluding carboxylic acids is 2. The van der Waals surface area contributed by atoms with Gasteiger partial charge in [-0.3, -0.25) is 23.0 Å². The molecule has 0 heterocycles. The van der Waals surface area contributed by atoms with Crippen molar-refractivity contribution in [3.63, 3.8) is 0 Å². The van der Waals surface area contributed by atoms with Crippen molar-refractivity contribution in [3.05, 3.63) is 0 Å². The van der Waals surface area contributed by atoms with Crippen molar-refractivity contribution >= 4 is 28.8 Å². The minimum absolute atomic E-state index is 0.0264. The molecule has 0 aliphatic heterocycles. The van der Waals surface area contributed by atoms with Crippen LogP contribution < -0.4 is 5.48 Å². The topological polar surface area (TPSA) is 90.9 Å². The summed E-state index contributed by atoms with van der Waals surface area (Å²) in [7, 11) is -1.54. The molecule has 0 rings (SSSR count). The fourth-order valence-corrected chi connectivity index (χ4v) is 2.50. The molecule has 0 aliphatic carbocycles. The van der Waals surface area contributed by atoms with E-state index in [-0.39, 0.29) is 18.5 Å². The molecular formula is C8H17NO6P2. The maximum Gasteiger partial charge on any atom is 0.335 e. The van der Waals surface area contributed by atoms with Crippen LogP contribution in [0, 0.1) is 0 Å². The number of nitrogens with one attached hydrogen (secondary N) is 1. The number of rotatable bonds is 8. The van der Waals surface area contributed by atoms with Crippen molar-refractivity contribution in [2.24, 2.45) is 0 Å². The summed E-state index contributed by atoms with van der Waals surface area (Å²) in [6, 6.07) is 0. The fourth-order valence-electron chi connectivity index (χ4n) is 0.781. The largest absolute Gasteiger partial charge is 0.371 e. The van der Waals surface area contributed by atoms with Gasteiger partial charge in [0.1, 0.15) is 6.10 Å². The van der Waals surface area contributed by atoms with Gasteiger partial charge in [0.15, 0.2) is 5.78 Å². The van der Waals surface area contributed by atoms with Gasteiger partial charge in [-0.2, -0.15) is 5.48 Å². The van der Waals surface area contributed by atoms with Crippen molar-refractivity contribution in [2.75, 3.05) is 12.7 Å². The van der Waals surface area contributed by atoms with E-state index in [1.165, 1.54) is 20.8 Å². The predicted octanol–water partition coefficient (Wildman–Crippen LogP) is 1.05. The van der Waals surface area contributed by atoms with Crippen LogP contribution in [0.1, 0.15) is 20.8 Å². The third-order valence-corrected chi connectivity index (χ3v) is 4.45. The molecule has 17 heavy (non-hydrogen) atoms. The molecule has 3 unspecified atom stereocenters. The second-order valence-corrected chi connectivity index (χ2v) is 6.01. The third kappa shape index (κ3) is 7.58. The molecule has 3 atom stereocenters. The first kappa shape index (κ1) is 16.7. The molecule has 0 saturated carbocycles. The molecule has 0 aromatic rings. The predicted molar refractivity (Wildman–Crippen MR) is 64.3 cm³/mol. The number of hydrogen-bond donors (Lipinski definition) is 1. The molecule has 0 bridgehead atoms. The van der Waals surface area contributed by atoms with Crippen LogP contribution in [0.5, 0.6) is 0 Å². The summed E-state index contributed by atoms with van der Waals surface area (Å²) in [6.45, 7) is 4.13. The molecular weight excluding hydrogens is 268 g/mol. The Kier molecular flexibility index (Phi) is 7.75. The van der Waals surface area contributed by atoms with E-state index in [2.05, 4.69) is 14.6 Å². The minimum atomic E-state index is -3.38. The Bertz CT molecular complexity index is 321. The summed E-state index contributed by atoms with van der Waals surface area (Å²) in [5.74, 6) is -0.759. The van der Waals surface area contributed by atoms with E-state index in [9.17, 15) is 14.2 Å². The second kappa shape index (κ2) is 7.90. The molecule has 0 radical (unpaired) electrons. The lowest BCUT2D eigenvalue weighted by Gasteiger charge is -2.19. The Hall–Kier alpha value is -0.320. The zero-order chi connectivity index (χ0) is 13.5. The number of ketones is 1. The van der Waals surface area contributed by atoms with E-state index in [4.69, 9.17) is 4.52 Å². The second-order valence-electron chi connectivity index (χ2n) is 3.29. The van der Waals surface area contributed by atoms with Crippen LogP contribution in [0.15, 0.2) is 0 Å². The molecule has 9 heteroatoms. The maximum absolute atomic E-state index is 11.9. The number of carbonyl (C=O) groups is 2. The van der Waals surface area contributed by atoms with Crippen LogP contribution >= 0.6 is 17.1 Å². The first-order valence-electron chi connectivity index (χ1n) is 4.87. The molecule has 0 amide bonds. The number of hydroxylamine groups is 1. The first-order chi connectivity index (χ1) is 7.80. The molecule has 0 saturated heterocycles. The van der Waals surface area contributed by atoms with Gasteiger partial charge >= 0.3 is 13.6 Å². The van der Waals surface area contributed by atoms with Crippen LogP contribution in [-0.4, -0.2) is 30.6 Å². The van der Waals surface area contributed by atoms with Crippen molar-refractivity contribution in [3.8, 4) is 0 Å². The summed E-state index contributed by atoms with van der Waals surface area (Å²) in [5, 5.41) is 0. The van der Waals surface area contributed by atoms with Crippen molar-refractivity contribution < 1.29 is 27.8 Å². The van der Waals surface area contributed by atoms with E-state index in [0.717, 1.165) is 0 Å². The zero-order valence-corrected chi connectivity index (χ0v) is 12.0. The van der Waals surface area contributed by atoms with E-state index in [1.54, 1.807) is 0 Å². The Morgan fingerprint density at radius 3 is 2.41 bits per heavy atom. The average Bonchev–Trinajstić information content (AvgIpc) is 2.24. The average molecular weight is 285 g/mol. The Labute approximate surface area is 102 Å².